The van der Waals surface area contributed by atoms with Gasteiger partial charge in [0.25, 0.3) is 0 Å². The van der Waals surface area contributed by atoms with Gasteiger partial charge in [-0.3, -0.25) is 43.2 Å². The molecule has 3 heterocycles. The van der Waals surface area contributed by atoms with Crippen molar-refractivity contribution in [2.24, 2.45) is 39.4 Å². The molecule has 7 rings (SSSR count). The Morgan fingerprint density at radius 3 is 1.42 bits per heavy atom. The molecule has 0 spiro atoms. The van der Waals surface area contributed by atoms with E-state index in [0.717, 1.165) is 54.4 Å². The number of esters is 9. The summed E-state index contributed by atoms with van der Waals surface area (Å²) in [7, 11) is 0. The van der Waals surface area contributed by atoms with Crippen molar-refractivity contribution in [1.29, 1.82) is 0 Å². The summed E-state index contributed by atoms with van der Waals surface area (Å²) >= 11 is 0. The highest BCUT2D eigenvalue weighted by molar-refractivity contribution is 5.70. The zero-order chi connectivity index (χ0) is 62.6. The molecule has 4 aliphatic carbocycles. The van der Waals surface area contributed by atoms with Gasteiger partial charge in [0.05, 0.1) is 29.0 Å². The maximum atomic E-state index is 14.2. The largest absolute Gasteiger partial charge is 0.463 e. The lowest BCUT2D eigenvalue weighted by Gasteiger charge is -2.71. The van der Waals surface area contributed by atoms with Gasteiger partial charge >= 0.3 is 53.7 Å². The Hall–Kier alpha value is -5.01. The Labute approximate surface area is 491 Å². The third-order valence-corrected chi connectivity index (χ3v) is 20.3. The van der Waals surface area contributed by atoms with E-state index in [4.69, 9.17) is 66.3 Å². The molecule has 7 aliphatic rings. The number of aliphatic hydroxyl groups is 1. The van der Waals surface area contributed by atoms with E-state index in [-0.39, 0.29) is 42.2 Å². The Morgan fingerprint density at radius 1 is 0.488 bits per heavy atom. The van der Waals surface area contributed by atoms with Crippen LogP contribution in [0.1, 0.15) is 175 Å². The van der Waals surface area contributed by atoms with Crippen LogP contribution in [0, 0.1) is 39.4 Å². The van der Waals surface area contributed by atoms with Crippen molar-refractivity contribution in [2.75, 3.05) is 13.2 Å². The second-order valence-corrected chi connectivity index (χ2v) is 26.5. The molecule has 24 nitrogen and oxygen atoms in total. The lowest BCUT2D eigenvalue weighted by atomic mass is 9.35. The van der Waals surface area contributed by atoms with Gasteiger partial charge in [0.2, 0.25) is 0 Å². The standard InChI is InChI=1S/C60H90O24/c1-29(61)71-27-39-45(74-32(4)64)47(76-34(6)66)49(78-36(8)68)52(81-39)80-38-26-42-56(14)21-19-43(73-31(3)63)54(10,11)41(56)18-22-57(42,15)58(16)24-25-60(70,51(38)58)59(17)23-20-44(83-59)55(12,13)84-53-50(79-37(9)69)48(77-35(7)67)46(75-33(5)65)40(82-53)28-72-30(2)62/h38-53,70H,18-28H2,1-17H3/t38-,39-,40-,41+,42-,43-,44-,45-,46-,47+,48+,49-,50-,51+,52-,53+,56+,57-,58-,59+,60-/m1/s1. The van der Waals surface area contributed by atoms with Gasteiger partial charge in [0.15, 0.2) is 49.2 Å². The Balaban J connectivity index is 1.31. The molecule has 3 saturated heterocycles. The van der Waals surface area contributed by atoms with E-state index < -0.39 is 174 Å². The molecule has 7 fully saturated rings. The van der Waals surface area contributed by atoms with Gasteiger partial charge in [0, 0.05) is 73.6 Å². The predicted molar refractivity (Wildman–Crippen MR) is 288 cm³/mol. The highest BCUT2D eigenvalue weighted by Crippen LogP contribution is 2.77. The predicted octanol–water partition coefficient (Wildman–Crippen LogP) is 5.61. The van der Waals surface area contributed by atoms with E-state index in [1.807, 2.05) is 6.92 Å². The summed E-state index contributed by atoms with van der Waals surface area (Å²) in [6.07, 6.45) is -12.4. The van der Waals surface area contributed by atoms with Crippen molar-refractivity contribution in [3.63, 3.8) is 0 Å². The van der Waals surface area contributed by atoms with Crippen molar-refractivity contribution in [3.8, 4) is 0 Å². The van der Waals surface area contributed by atoms with Crippen molar-refractivity contribution < 1.29 is 115 Å². The second kappa shape index (κ2) is 24.6. The van der Waals surface area contributed by atoms with E-state index in [2.05, 4.69) is 34.6 Å². The molecule has 1 N–H and O–H groups in total. The van der Waals surface area contributed by atoms with Crippen molar-refractivity contribution >= 4 is 53.7 Å². The van der Waals surface area contributed by atoms with Gasteiger partial charge in [0.1, 0.15) is 31.5 Å². The first kappa shape index (κ1) is 66.5. The minimum absolute atomic E-state index is 0.0639. The fourth-order valence-corrected chi connectivity index (χ4v) is 16.7. The van der Waals surface area contributed by atoms with Crippen LogP contribution >= 0.6 is 0 Å². The van der Waals surface area contributed by atoms with Crippen LogP contribution < -0.4 is 0 Å². The monoisotopic (exact) mass is 1190 g/mol. The van der Waals surface area contributed by atoms with Gasteiger partial charge in [-0.05, 0) is 107 Å². The van der Waals surface area contributed by atoms with Crippen LogP contribution in [0.5, 0.6) is 0 Å². The fraction of sp³-hybridized carbons (Fsp3) is 0.850. The molecule has 3 aliphatic heterocycles. The number of ether oxygens (including phenoxy) is 14. The van der Waals surface area contributed by atoms with Gasteiger partial charge in [-0.15, -0.1) is 0 Å². The van der Waals surface area contributed by atoms with Crippen LogP contribution in [0.3, 0.4) is 0 Å². The Morgan fingerprint density at radius 2 is 0.940 bits per heavy atom. The number of rotatable bonds is 17. The Kier molecular flexibility index (Phi) is 19.5. The van der Waals surface area contributed by atoms with E-state index in [1.165, 1.54) is 20.8 Å². The third-order valence-electron chi connectivity index (χ3n) is 20.3. The number of carbonyl (C=O) groups excluding carboxylic acids is 9. The number of carbonyl (C=O) groups is 9. The topological polar surface area (TPSA) is 303 Å². The third kappa shape index (κ3) is 12.9. The maximum Gasteiger partial charge on any atom is 0.303 e. The first-order chi connectivity index (χ1) is 38.8. The molecule has 4 saturated carbocycles. The quantitative estimate of drug-likeness (QED) is 0.105. The van der Waals surface area contributed by atoms with Gasteiger partial charge in [-0.25, -0.2) is 0 Å². The van der Waals surface area contributed by atoms with E-state index in [9.17, 15) is 48.3 Å². The molecule has 0 amide bonds. The van der Waals surface area contributed by atoms with E-state index in [0.29, 0.717) is 32.1 Å². The van der Waals surface area contributed by atoms with Crippen LogP contribution in [0.4, 0.5) is 0 Å². The highest BCUT2D eigenvalue weighted by Gasteiger charge is 2.77. The minimum Gasteiger partial charge on any atom is -0.463 e. The maximum absolute atomic E-state index is 14.2. The van der Waals surface area contributed by atoms with Crippen molar-refractivity contribution in [2.45, 2.75) is 272 Å². The summed E-state index contributed by atoms with van der Waals surface area (Å²) in [6.45, 7) is 26.0. The molecule has 24 heteroatoms. The molecule has 0 aromatic carbocycles. The normalized spacial score (nSPS) is 41.4. The smallest absolute Gasteiger partial charge is 0.303 e. The van der Waals surface area contributed by atoms with Crippen LogP contribution in [0.2, 0.25) is 0 Å². The Bertz CT molecular complexity index is 2530. The molecule has 0 unspecified atom stereocenters. The summed E-state index contributed by atoms with van der Waals surface area (Å²) in [4.78, 5) is 114. The molecule has 0 bridgehead atoms. The lowest BCUT2D eigenvalue weighted by Crippen LogP contribution is -2.71. The summed E-state index contributed by atoms with van der Waals surface area (Å²) in [5.74, 6) is -7.41. The zero-order valence-electron chi connectivity index (χ0n) is 51.9. The molecular weight excluding hydrogens is 1100 g/mol. The van der Waals surface area contributed by atoms with Crippen LogP contribution in [-0.4, -0.2) is 169 Å². The molecule has 84 heavy (non-hydrogen) atoms. The van der Waals surface area contributed by atoms with Gasteiger partial charge < -0.3 is 71.4 Å². The second-order valence-electron chi connectivity index (χ2n) is 26.5. The van der Waals surface area contributed by atoms with Crippen LogP contribution in [0.25, 0.3) is 0 Å². The first-order valence-electron chi connectivity index (χ1n) is 29.4. The average Bonchev–Trinajstić information content (AvgIpc) is 1.32. The van der Waals surface area contributed by atoms with Crippen molar-refractivity contribution in [3.05, 3.63) is 0 Å². The van der Waals surface area contributed by atoms with E-state index >= 15 is 0 Å². The molecule has 21 atom stereocenters. The number of fused-ring (bicyclic) bond motifs is 5. The molecule has 474 valence electrons. The van der Waals surface area contributed by atoms with Gasteiger partial charge in [-0.1, -0.05) is 34.6 Å². The zero-order valence-corrected chi connectivity index (χ0v) is 51.9. The molecule has 0 aromatic rings. The minimum atomic E-state index is -1.72. The van der Waals surface area contributed by atoms with Crippen LogP contribution in [-0.2, 0) is 109 Å². The van der Waals surface area contributed by atoms with Gasteiger partial charge in [-0.2, -0.15) is 0 Å². The summed E-state index contributed by atoms with van der Waals surface area (Å²) in [6, 6.07) is 0. The SMILES string of the molecule is CC(=O)OC[C@H]1O[C@@H](O[C@@H]2C[C@@H]3[C@@]4(C)CC[C@@H](OC(C)=O)C(C)(C)[C@@H]4CC[C@@]3(C)[C@]3(C)CC[C@](O)([C@]4(C)CC[C@H](C(C)(C)O[C@@H]5O[C@H](COC(C)=O)[C@@H](OC(C)=O)[C@H](OC(C)=O)[C@H]5OC(C)=O)O4)[C@@H]23)[C@H](OC(C)=O)[C@@H](OC(C)=O)[C@@H]1OC(C)=O. The fourth-order valence-electron chi connectivity index (χ4n) is 16.7. The molecular formula is C60H90O24. The molecule has 0 radical (unpaired) electrons. The summed E-state index contributed by atoms with van der Waals surface area (Å²) < 4.78 is 85.8. The number of hydrogen-bond acceptors (Lipinski definition) is 24. The lowest BCUT2D eigenvalue weighted by molar-refractivity contribution is -0.350. The average molecular weight is 1200 g/mol. The molecule has 0 aromatic heterocycles. The highest BCUT2D eigenvalue weighted by atomic mass is 16.8. The number of hydrogen-bond donors (Lipinski definition) is 1. The summed E-state index contributed by atoms with van der Waals surface area (Å²) in [5, 5.41) is 14.2. The summed E-state index contributed by atoms with van der Waals surface area (Å²) in [5.41, 5.74) is -6.54. The van der Waals surface area contributed by atoms with Crippen molar-refractivity contribution in [1.82, 2.24) is 0 Å². The van der Waals surface area contributed by atoms with Crippen LogP contribution in [0.15, 0.2) is 0 Å². The first-order valence-corrected chi connectivity index (χ1v) is 29.4. The van der Waals surface area contributed by atoms with E-state index in [1.54, 1.807) is 13.8 Å².